The summed E-state index contributed by atoms with van der Waals surface area (Å²) in [6, 6.07) is 3.04. The lowest BCUT2D eigenvalue weighted by Gasteiger charge is -2.11. The van der Waals surface area contributed by atoms with Gasteiger partial charge in [0.15, 0.2) is 11.6 Å². The van der Waals surface area contributed by atoms with Crippen LogP contribution in [0.15, 0.2) is 18.2 Å². The molecule has 0 saturated heterocycles. The monoisotopic (exact) mass is 213 g/mol. The Hall–Kier alpha value is -1.62. The first kappa shape index (κ1) is 11.5. The molecule has 1 aromatic carbocycles. The highest BCUT2D eigenvalue weighted by molar-refractivity contribution is 5.73. The molecule has 0 aromatic heterocycles. The third kappa shape index (κ3) is 2.92. The number of halogens is 1. The number of phenols is 1. The second-order valence-corrected chi connectivity index (χ2v) is 3.17. The van der Waals surface area contributed by atoms with E-state index in [-0.39, 0.29) is 6.42 Å². The number of phenolic OH excluding ortho intramolecular Hbond substituents is 1. The molecule has 1 unspecified atom stereocenters. The Morgan fingerprint density at radius 3 is 2.73 bits per heavy atom. The SMILES string of the molecule is CNC(Cc1ccc(F)c(O)c1)C(=O)O. The number of aromatic hydroxyl groups is 1. The lowest BCUT2D eigenvalue weighted by Crippen LogP contribution is -2.35. The van der Waals surface area contributed by atoms with Gasteiger partial charge in [-0.25, -0.2) is 4.39 Å². The highest BCUT2D eigenvalue weighted by atomic mass is 19.1. The predicted molar refractivity (Wildman–Crippen MR) is 52.3 cm³/mol. The lowest BCUT2D eigenvalue weighted by atomic mass is 10.1. The van der Waals surface area contributed by atoms with Crippen LogP contribution in [0.4, 0.5) is 4.39 Å². The van der Waals surface area contributed by atoms with Gasteiger partial charge in [-0.05, 0) is 31.2 Å². The van der Waals surface area contributed by atoms with Crippen molar-refractivity contribution in [2.45, 2.75) is 12.5 Å². The molecule has 0 spiro atoms. The predicted octanol–water partition coefficient (Wildman–Crippen LogP) is 0.746. The van der Waals surface area contributed by atoms with Crippen molar-refractivity contribution in [2.24, 2.45) is 0 Å². The zero-order valence-electron chi connectivity index (χ0n) is 8.20. The third-order valence-corrected chi connectivity index (χ3v) is 2.10. The molecule has 0 bridgehead atoms. The van der Waals surface area contributed by atoms with Crippen LogP contribution in [0, 0.1) is 5.82 Å². The first-order valence-electron chi connectivity index (χ1n) is 4.42. The minimum atomic E-state index is -0.985. The van der Waals surface area contributed by atoms with Gasteiger partial charge in [-0.2, -0.15) is 0 Å². The number of hydrogen-bond donors (Lipinski definition) is 3. The van der Waals surface area contributed by atoms with E-state index in [9.17, 15) is 9.18 Å². The van der Waals surface area contributed by atoms with Crippen molar-refractivity contribution < 1.29 is 19.4 Å². The molecular formula is C10H12FNO3. The highest BCUT2D eigenvalue weighted by Gasteiger charge is 2.15. The summed E-state index contributed by atoms with van der Waals surface area (Å²) in [4.78, 5) is 10.7. The first-order valence-corrected chi connectivity index (χ1v) is 4.42. The van der Waals surface area contributed by atoms with E-state index in [1.54, 1.807) is 0 Å². The van der Waals surface area contributed by atoms with Crippen LogP contribution in [-0.4, -0.2) is 29.3 Å². The molecule has 0 fully saturated rings. The standard InChI is InChI=1S/C10H12FNO3/c1-12-8(10(14)15)4-6-2-3-7(11)9(13)5-6/h2-3,5,8,12-13H,4H2,1H3,(H,14,15). The van der Waals surface area contributed by atoms with Crippen LogP contribution in [0.25, 0.3) is 0 Å². The summed E-state index contributed by atoms with van der Waals surface area (Å²) in [5.74, 6) is -2.16. The minimum Gasteiger partial charge on any atom is -0.505 e. The molecule has 0 aliphatic heterocycles. The van der Waals surface area contributed by atoms with E-state index >= 15 is 0 Å². The van der Waals surface area contributed by atoms with Gasteiger partial charge in [0.1, 0.15) is 6.04 Å². The van der Waals surface area contributed by atoms with E-state index in [2.05, 4.69) is 5.32 Å². The molecule has 0 aliphatic rings. The molecule has 3 N–H and O–H groups in total. The number of hydrogen-bond acceptors (Lipinski definition) is 3. The zero-order valence-corrected chi connectivity index (χ0v) is 8.20. The van der Waals surface area contributed by atoms with Crippen LogP contribution in [0.1, 0.15) is 5.56 Å². The normalized spacial score (nSPS) is 12.4. The Balaban J connectivity index is 2.80. The molecule has 1 aromatic rings. The number of nitrogens with one attached hydrogen (secondary N) is 1. The minimum absolute atomic E-state index is 0.194. The lowest BCUT2D eigenvalue weighted by molar-refractivity contribution is -0.139. The summed E-state index contributed by atoms with van der Waals surface area (Å²) in [7, 11) is 1.53. The summed E-state index contributed by atoms with van der Waals surface area (Å²) in [5, 5.41) is 20.4. The largest absolute Gasteiger partial charge is 0.505 e. The number of carbonyl (C=O) groups is 1. The van der Waals surface area contributed by atoms with Crippen LogP contribution < -0.4 is 5.32 Å². The number of aliphatic carboxylic acids is 1. The Morgan fingerprint density at radius 1 is 1.60 bits per heavy atom. The van der Waals surface area contributed by atoms with Crippen molar-refractivity contribution in [1.29, 1.82) is 0 Å². The summed E-state index contributed by atoms with van der Waals surface area (Å²) in [5.41, 5.74) is 0.565. The maximum atomic E-state index is 12.7. The van der Waals surface area contributed by atoms with Gasteiger partial charge in [0.05, 0.1) is 0 Å². The van der Waals surface area contributed by atoms with Crippen molar-refractivity contribution in [3.8, 4) is 5.75 Å². The van der Waals surface area contributed by atoms with Crippen molar-refractivity contribution in [2.75, 3.05) is 7.05 Å². The number of carboxylic acids is 1. The van der Waals surface area contributed by atoms with E-state index in [1.807, 2.05) is 0 Å². The number of rotatable bonds is 4. The second-order valence-electron chi connectivity index (χ2n) is 3.17. The molecule has 15 heavy (non-hydrogen) atoms. The molecule has 1 rings (SSSR count). The van der Waals surface area contributed by atoms with E-state index in [0.29, 0.717) is 5.56 Å². The van der Waals surface area contributed by atoms with Gasteiger partial charge < -0.3 is 15.5 Å². The highest BCUT2D eigenvalue weighted by Crippen LogP contribution is 2.17. The molecule has 5 heteroatoms. The van der Waals surface area contributed by atoms with Crippen LogP contribution in [0.2, 0.25) is 0 Å². The molecule has 0 aliphatic carbocycles. The Kier molecular flexibility index (Phi) is 3.62. The van der Waals surface area contributed by atoms with E-state index < -0.39 is 23.6 Å². The average Bonchev–Trinajstić information content (AvgIpc) is 2.19. The summed E-state index contributed by atoms with van der Waals surface area (Å²) >= 11 is 0. The fraction of sp³-hybridized carbons (Fsp3) is 0.300. The fourth-order valence-corrected chi connectivity index (χ4v) is 1.23. The Morgan fingerprint density at radius 2 is 2.27 bits per heavy atom. The summed E-state index contributed by atoms with van der Waals surface area (Å²) in [6.45, 7) is 0. The van der Waals surface area contributed by atoms with Crippen molar-refractivity contribution in [1.82, 2.24) is 5.32 Å². The summed E-state index contributed by atoms with van der Waals surface area (Å²) < 4.78 is 12.7. The van der Waals surface area contributed by atoms with Gasteiger partial charge in [-0.3, -0.25) is 4.79 Å². The number of benzene rings is 1. The van der Waals surface area contributed by atoms with Gasteiger partial charge >= 0.3 is 5.97 Å². The van der Waals surface area contributed by atoms with Crippen LogP contribution in [0.3, 0.4) is 0 Å². The maximum absolute atomic E-state index is 12.7. The number of likely N-dealkylation sites (N-methyl/N-ethyl adjacent to an activating group) is 1. The smallest absolute Gasteiger partial charge is 0.321 e. The molecule has 1 atom stereocenters. The van der Waals surface area contributed by atoms with Gasteiger partial charge in [0.25, 0.3) is 0 Å². The quantitative estimate of drug-likeness (QED) is 0.690. The van der Waals surface area contributed by atoms with Crippen molar-refractivity contribution in [3.05, 3.63) is 29.6 Å². The molecule has 0 radical (unpaired) electrons. The van der Waals surface area contributed by atoms with Gasteiger partial charge in [-0.15, -0.1) is 0 Å². The summed E-state index contributed by atoms with van der Waals surface area (Å²) in [6.07, 6.45) is 0.194. The first-order chi connectivity index (χ1) is 7.04. The average molecular weight is 213 g/mol. The van der Waals surface area contributed by atoms with Gasteiger partial charge in [-0.1, -0.05) is 6.07 Å². The number of carboxylic acid groups (broad SMARTS) is 1. The molecule has 4 nitrogen and oxygen atoms in total. The van der Waals surface area contributed by atoms with Crippen LogP contribution >= 0.6 is 0 Å². The van der Waals surface area contributed by atoms with E-state index in [0.717, 1.165) is 6.07 Å². The molecular weight excluding hydrogens is 201 g/mol. The Labute approximate surface area is 86.4 Å². The van der Waals surface area contributed by atoms with Crippen LogP contribution in [0.5, 0.6) is 5.75 Å². The van der Waals surface area contributed by atoms with E-state index in [4.69, 9.17) is 10.2 Å². The molecule has 0 saturated carbocycles. The second kappa shape index (κ2) is 4.75. The topological polar surface area (TPSA) is 69.6 Å². The van der Waals surface area contributed by atoms with Gasteiger partial charge in [0, 0.05) is 0 Å². The maximum Gasteiger partial charge on any atom is 0.321 e. The van der Waals surface area contributed by atoms with E-state index in [1.165, 1.54) is 19.2 Å². The molecule has 82 valence electrons. The third-order valence-electron chi connectivity index (χ3n) is 2.10. The van der Waals surface area contributed by atoms with Crippen molar-refractivity contribution >= 4 is 5.97 Å². The van der Waals surface area contributed by atoms with Crippen LogP contribution in [-0.2, 0) is 11.2 Å². The molecule has 0 heterocycles. The fourth-order valence-electron chi connectivity index (χ4n) is 1.23. The zero-order chi connectivity index (χ0) is 11.4. The van der Waals surface area contributed by atoms with Crippen molar-refractivity contribution in [3.63, 3.8) is 0 Å². The molecule has 0 amide bonds. The Bertz CT molecular complexity index is 368. The van der Waals surface area contributed by atoms with Gasteiger partial charge in [0.2, 0.25) is 0 Å².